The van der Waals surface area contributed by atoms with Crippen LogP contribution >= 0.6 is 23.7 Å². The van der Waals surface area contributed by atoms with Crippen LogP contribution in [-0.2, 0) is 11.8 Å². The lowest BCUT2D eigenvalue weighted by Gasteiger charge is -2.16. The van der Waals surface area contributed by atoms with Crippen LogP contribution in [0.1, 0.15) is 33.9 Å². The second-order valence-corrected chi connectivity index (χ2v) is 6.58. The van der Waals surface area contributed by atoms with Gasteiger partial charge in [0, 0.05) is 23.8 Å². The fraction of sp³-hybridized carbons (Fsp3) is 0.375. The van der Waals surface area contributed by atoms with E-state index in [1.54, 1.807) is 17.5 Å². The molecular formula is C16H19ClFN3OS. The molecule has 0 bridgehead atoms. The van der Waals surface area contributed by atoms with Gasteiger partial charge < -0.3 is 11.1 Å². The van der Waals surface area contributed by atoms with Gasteiger partial charge in [-0.05, 0) is 37.1 Å². The van der Waals surface area contributed by atoms with Crippen LogP contribution in [0, 0.1) is 5.82 Å². The highest BCUT2D eigenvalue weighted by molar-refractivity contribution is 7.09. The van der Waals surface area contributed by atoms with Crippen LogP contribution in [0.15, 0.2) is 29.6 Å². The van der Waals surface area contributed by atoms with Crippen molar-refractivity contribution in [1.82, 2.24) is 10.3 Å². The molecule has 7 heteroatoms. The van der Waals surface area contributed by atoms with Gasteiger partial charge in [0.2, 0.25) is 0 Å². The Kier molecular flexibility index (Phi) is 5.73. The van der Waals surface area contributed by atoms with Crippen molar-refractivity contribution in [1.29, 1.82) is 0 Å². The van der Waals surface area contributed by atoms with E-state index in [1.165, 1.54) is 23.5 Å². The predicted octanol–water partition coefficient (Wildman–Crippen LogP) is 2.67. The lowest BCUT2D eigenvalue weighted by Crippen LogP contribution is -2.32. The van der Waals surface area contributed by atoms with E-state index in [4.69, 9.17) is 5.73 Å². The minimum atomic E-state index is -0.238. The molecule has 3 N–H and O–H groups in total. The van der Waals surface area contributed by atoms with Gasteiger partial charge >= 0.3 is 0 Å². The van der Waals surface area contributed by atoms with E-state index in [0.717, 1.165) is 23.4 Å². The normalized spacial score (nSPS) is 14.9. The molecule has 1 saturated carbocycles. The van der Waals surface area contributed by atoms with Crippen LogP contribution in [0.2, 0.25) is 0 Å². The molecule has 0 aliphatic heterocycles. The lowest BCUT2D eigenvalue weighted by atomic mass is 9.96. The summed E-state index contributed by atoms with van der Waals surface area (Å²) in [6.45, 7) is 1.09. The number of hydrogen-bond donors (Lipinski definition) is 2. The minimum Gasteiger partial charge on any atom is -0.350 e. The highest BCUT2D eigenvalue weighted by Crippen LogP contribution is 2.47. The Bertz CT molecular complexity index is 670. The van der Waals surface area contributed by atoms with Crippen LogP contribution < -0.4 is 11.1 Å². The number of carbonyl (C=O) groups is 1. The predicted molar refractivity (Wildman–Crippen MR) is 91.8 cm³/mol. The summed E-state index contributed by atoms with van der Waals surface area (Å²) in [6, 6.07) is 6.54. The first-order valence-corrected chi connectivity index (χ1v) is 8.20. The summed E-state index contributed by atoms with van der Waals surface area (Å²) < 4.78 is 13.0. The van der Waals surface area contributed by atoms with Gasteiger partial charge in [0.1, 0.15) is 11.5 Å². The maximum absolute atomic E-state index is 13.0. The molecule has 0 atom stereocenters. The zero-order valence-corrected chi connectivity index (χ0v) is 14.2. The number of benzene rings is 1. The second-order valence-electron chi connectivity index (χ2n) is 5.64. The fourth-order valence-corrected chi connectivity index (χ4v) is 3.31. The van der Waals surface area contributed by atoms with Crippen molar-refractivity contribution in [3.8, 4) is 0 Å². The highest BCUT2D eigenvalue weighted by atomic mass is 35.5. The molecule has 1 amide bonds. The van der Waals surface area contributed by atoms with Crippen molar-refractivity contribution in [2.24, 2.45) is 5.73 Å². The molecule has 124 valence electrons. The molecule has 1 aromatic heterocycles. The molecule has 2 aromatic rings. The number of hydrogen-bond acceptors (Lipinski definition) is 4. The molecule has 0 unspecified atom stereocenters. The van der Waals surface area contributed by atoms with E-state index in [-0.39, 0.29) is 29.5 Å². The Morgan fingerprint density at radius 3 is 2.65 bits per heavy atom. The first-order chi connectivity index (χ1) is 10.6. The summed E-state index contributed by atoms with van der Waals surface area (Å²) in [5.74, 6) is -0.397. The number of nitrogens with zero attached hydrogens (tertiary/aromatic N) is 1. The molecule has 23 heavy (non-hydrogen) atoms. The number of nitrogens with two attached hydrogens (primary N) is 1. The van der Waals surface area contributed by atoms with Crippen molar-refractivity contribution in [2.45, 2.75) is 24.7 Å². The maximum Gasteiger partial charge on any atom is 0.270 e. The first-order valence-electron chi connectivity index (χ1n) is 7.32. The third kappa shape index (κ3) is 4.07. The number of rotatable bonds is 6. The standard InChI is InChI=1S/C16H18FN3OS.ClH/c17-12-3-1-11(2-4-12)16(6-7-16)10-19-15(21)13-9-22-14(20-13)5-8-18;/h1-4,9H,5-8,10,18H2,(H,19,21);1H. The summed E-state index contributed by atoms with van der Waals surface area (Å²) in [7, 11) is 0. The van der Waals surface area contributed by atoms with Crippen molar-refractivity contribution >= 4 is 29.7 Å². The highest BCUT2D eigenvalue weighted by Gasteiger charge is 2.44. The number of nitrogens with one attached hydrogen (secondary N) is 1. The molecule has 0 spiro atoms. The fourth-order valence-electron chi connectivity index (χ4n) is 2.52. The van der Waals surface area contributed by atoms with E-state index in [0.29, 0.717) is 25.2 Å². The summed E-state index contributed by atoms with van der Waals surface area (Å²) in [4.78, 5) is 16.4. The van der Waals surface area contributed by atoms with Crippen LogP contribution in [0.4, 0.5) is 4.39 Å². The van der Waals surface area contributed by atoms with Crippen molar-refractivity contribution in [3.63, 3.8) is 0 Å². The molecule has 1 fully saturated rings. The first kappa shape index (κ1) is 17.8. The molecular weight excluding hydrogens is 337 g/mol. The van der Waals surface area contributed by atoms with Gasteiger partial charge in [0.05, 0.1) is 5.01 Å². The van der Waals surface area contributed by atoms with E-state index in [9.17, 15) is 9.18 Å². The summed E-state index contributed by atoms with van der Waals surface area (Å²) in [6.07, 6.45) is 2.71. The van der Waals surface area contributed by atoms with Crippen molar-refractivity contribution < 1.29 is 9.18 Å². The van der Waals surface area contributed by atoms with Gasteiger partial charge in [-0.25, -0.2) is 9.37 Å². The maximum atomic E-state index is 13.0. The monoisotopic (exact) mass is 355 g/mol. The minimum absolute atomic E-state index is 0. The van der Waals surface area contributed by atoms with Crippen molar-refractivity contribution in [3.05, 3.63) is 51.7 Å². The molecule has 1 aliphatic rings. The summed E-state index contributed by atoms with van der Waals surface area (Å²) in [5.41, 5.74) is 6.97. The average Bonchev–Trinajstić information content (AvgIpc) is 3.17. The smallest absolute Gasteiger partial charge is 0.270 e. The second kappa shape index (κ2) is 7.38. The van der Waals surface area contributed by atoms with Gasteiger partial charge in [-0.2, -0.15) is 0 Å². The van der Waals surface area contributed by atoms with E-state index in [1.807, 2.05) is 0 Å². The summed E-state index contributed by atoms with van der Waals surface area (Å²) in [5, 5.41) is 5.59. The van der Waals surface area contributed by atoms with E-state index >= 15 is 0 Å². The molecule has 4 nitrogen and oxygen atoms in total. The summed E-state index contributed by atoms with van der Waals surface area (Å²) >= 11 is 1.46. The van der Waals surface area contributed by atoms with Crippen LogP contribution in [0.3, 0.4) is 0 Å². The number of carbonyl (C=O) groups excluding carboxylic acids is 1. The third-order valence-electron chi connectivity index (χ3n) is 4.04. The van der Waals surface area contributed by atoms with Gasteiger partial charge in [0.25, 0.3) is 5.91 Å². The number of amides is 1. The molecule has 3 rings (SSSR count). The largest absolute Gasteiger partial charge is 0.350 e. The lowest BCUT2D eigenvalue weighted by molar-refractivity contribution is 0.0945. The average molecular weight is 356 g/mol. The topological polar surface area (TPSA) is 68.0 Å². The Labute approximate surface area is 144 Å². The third-order valence-corrected chi connectivity index (χ3v) is 4.95. The number of aromatic nitrogens is 1. The molecule has 1 aromatic carbocycles. The van der Waals surface area contributed by atoms with Gasteiger partial charge in [-0.3, -0.25) is 4.79 Å². The quantitative estimate of drug-likeness (QED) is 0.837. The van der Waals surface area contributed by atoms with E-state index < -0.39 is 0 Å². The van der Waals surface area contributed by atoms with Crippen molar-refractivity contribution in [2.75, 3.05) is 13.1 Å². The molecule has 0 radical (unpaired) electrons. The molecule has 0 saturated heterocycles. The Hall–Kier alpha value is -1.50. The van der Waals surface area contributed by atoms with Gasteiger partial charge in [-0.15, -0.1) is 23.7 Å². The molecule has 1 heterocycles. The Morgan fingerprint density at radius 2 is 2.04 bits per heavy atom. The number of thiazole rings is 1. The van der Waals surface area contributed by atoms with Crippen LogP contribution in [-0.4, -0.2) is 24.0 Å². The zero-order chi connectivity index (χ0) is 15.6. The number of halogens is 2. The zero-order valence-electron chi connectivity index (χ0n) is 12.5. The Morgan fingerprint density at radius 1 is 1.35 bits per heavy atom. The van der Waals surface area contributed by atoms with Gasteiger partial charge in [-0.1, -0.05) is 12.1 Å². The SMILES string of the molecule is Cl.NCCc1nc(C(=O)NCC2(c3ccc(F)cc3)CC2)cs1. The van der Waals surface area contributed by atoms with E-state index in [2.05, 4.69) is 10.3 Å². The van der Waals surface area contributed by atoms with Crippen LogP contribution in [0.5, 0.6) is 0 Å². The van der Waals surface area contributed by atoms with Gasteiger partial charge in [0.15, 0.2) is 0 Å². The molecule has 1 aliphatic carbocycles. The Balaban J connectivity index is 0.00000192. The van der Waals surface area contributed by atoms with Crippen LogP contribution in [0.25, 0.3) is 0 Å².